The Bertz CT molecular complexity index is 574. The first-order chi connectivity index (χ1) is 6.83. The van der Waals surface area contributed by atoms with E-state index in [-0.39, 0.29) is 11.4 Å². The lowest BCUT2D eigenvalue weighted by Crippen LogP contribution is -2.05. The molecule has 0 unspecified atom stereocenters. The Morgan fingerprint density at radius 3 is 3.21 bits per heavy atom. The van der Waals surface area contributed by atoms with Crippen molar-refractivity contribution in [1.29, 1.82) is 0 Å². The van der Waals surface area contributed by atoms with Gasteiger partial charge < -0.3 is 4.98 Å². The summed E-state index contributed by atoms with van der Waals surface area (Å²) >= 11 is 5.40. The zero-order valence-corrected chi connectivity index (χ0v) is 7.72. The van der Waals surface area contributed by atoms with Crippen molar-refractivity contribution in [2.75, 3.05) is 5.88 Å². The fourth-order valence-electron chi connectivity index (χ4n) is 1.08. The molecule has 14 heavy (non-hydrogen) atoms. The molecule has 0 radical (unpaired) electrons. The van der Waals surface area contributed by atoms with Gasteiger partial charge in [-0.2, -0.15) is 5.10 Å². The Labute approximate surface area is 83.5 Å². The van der Waals surface area contributed by atoms with Gasteiger partial charge in [0.2, 0.25) is 0 Å². The lowest BCUT2D eigenvalue weighted by atomic mass is 10.3. The van der Waals surface area contributed by atoms with Crippen molar-refractivity contribution in [2.24, 2.45) is 0 Å². The summed E-state index contributed by atoms with van der Waals surface area (Å²) in [5, 5.41) is 6.82. The molecule has 0 bridgehead atoms. The zero-order chi connectivity index (χ0) is 9.97. The summed E-state index contributed by atoms with van der Waals surface area (Å²) in [5.74, 6) is 5.54. The second-order valence-corrected chi connectivity index (χ2v) is 2.73. The summed E-state index contributed by atoms with van der Waals surface area (Å²) in [5.41, 5.74) is 0.533. The number of fused-ring (bicyclic) bond motifs is 1. The number of H-pyrrole nitrogens is 2. The van der Waals surface area contributed by atoms with E-state index in [9.17, 15) is 4.79 Å². The van der Waals surface area contributed by atoms with Crippen molar-refractivity contribution in [3.63, 3.8) is 0 Å². The second kappa shape index (κ2) is 3.52. The zero-order valence-electron chi connectivity index (χ0n) is 6.97. The minimum atomic E-state index is -0.261. The smallest absolute Gasteiger partial charge is 0.263 e. The average Bonchev–Trinajstić information content (AvgIpc) is 2.59. The molecule has 2 aromatic rings. The summed E-state index contributed by atoms with van der Waals surface area (Å²) in [6, 6.07) is 0. The van der Waals surface area contributed by atoms with E-state index >= 15 is 0 Å². The number of aromatic nitrogens is 4. The molecule has 0 atom stereocenters. The van der Waals surface area contributed by atoms with Crippen LogP contribution in [0.5, 0.6) is 0 Å². The molecule has 0 aliphatic heterocycles. The summed E-state index contributed by atoms with van der Waals surface area (Å²) in [6.07, 6.45) is 1.30. The van der Waals surface area contributed by atoms with E-state index in [2.05, 4.69) is 32.0 Å². The molecule has 6 heteroatoms. The molecule has 0 amide bonds. The van der Waals surface area contributed by atoms with Gasteiger partial charge in [-0.15, -0.1) is 11.6 Å². The second-order valence-electron chi connectivity index (χ2n) is 2.46. The van der Waals surface area contributed by atoms with Crippen molar-refractivity contribution in [2.45, 2.75) is 0 Å². The monoisotopic (exact) mass is 208 g/mol. The number of nitrogens with zero attached hydrogens (tertiary/aromatic N) is 2. The van der Waals surface area contributed by atoms with E-state index in [1.807, 2.05) is 0 Å². The van der Waals surface area contributed by atoms with Crippen LogP contribution >= 0.6 is 11.6 Å². The maximum atomic E-state index is 11.4. The highest BCUT2D eigenvalue weighted by atomic mass is 35.5. The Morgan fingerprint density at radius 1 is 1.57 bits per heavy atom. The quantitative estimate of drug-likeness (QED) is 0.481. The summed E-state index contributed by atoms with van der Waals surface area (Å²) in [4.78, 5) is 17.7. The van der Waals surface area contributed by atoms with Crippen LogP contribution in [0.25, 0.3) is 11.0 Å². The molecular weight excluding hydrogens is 204 g/mol. The molecule has 0 saturated carbocycles. The van der Waals surface area contributed by atoms with Crippen LogP contribution in [0, 0.1) is 11.8 Å². The van der Waals surface area contributed by atoms with Crippen LogP contribution in [0.1, 0.15) is 5.69 Å². The highest BCUT2D eigenvalue weighted by molar-refractivity contribution is 6.19. The fourth-order valence-corrected chi connectivity index (χ4v) is 1.14. The predicted octanol–water partition coefficient (Wildman–Crippen LogP) is 0.236. The maximum Gasteiger partial charge on any atom is 0.263 e. The van der Waals surface area contributed by atoms with Crippen LogP contribution in [-0.4, -0.2) is 26.0 Å². The lowest BCUT2D eigenvalue weighted by molar-refractivity contribution is 1.07. The Balaban J connectivity index is 2.73. The van der Waals surface area contributed by atoms with Crippen LogP contribution in [0.2, 0.25) is 0 Å². The number of nitrogens with one attached hydrogen (secondary N) is 2. The van der Waals surface area contributed by atoms with Gasteiger partial charge in [0.05, 0.1) is 12.2 Å². The number of halogens is 1. The number of hydrogen-bond acceptors (Lipinski definition) is 3. The third-order valence-electron chi connectivity index (χ3n) is 1.64. The number of hydrogen-bond donors (Lipinski definition) is 2. The van der Waals surface area contributed by atoms with Gasteiger partial charge in [0, 0.05) is 0 Å². The molecule has 0 aliphatic rings. The number of alkyl halides is 1. The molecule has 0 saturated heterocycles. The summed E-state index contributed by atoms with van der Waals surface area (Å²) in [6.45, 7) is 0. The van der Waals surface area contributed by atoms with Gasteiger partial charge in [-0.05, 0) is 5.92 Å². The standard InChI is InChI=1S/C8H5ClN4O/c9-3-1-2-5-6-7(13-12-5)10-4-11-8(6)14/h4H,3H2,(H2,10,11,12,13,14). The highest BCUT2D eigenvalue weighted by Crippen LogP contribution is 2.05. The number of aromatic amines is 2. The molecule has 2 heterocycles. The van der Waals surface area contributed by atoms with Gasteiger partial charge in [-0.1, -0.05) is 5.92 Å². The normalized spacial score (nSPS) is 9.79. The average molecular weight is 209 g/mol. The molecule has 0 aromatic carbocycles. The molecule has 2 rings (SSSR count). The minimum Gasteiger partial charge on any atom is -0.312 e. The third-order valence-corrected chi connectivity index (χ3v) is 1.77. The Morgan fingerprint density at radius 2 is 2.43 bits per heavy atom. The van der Waals surface area contributed by atoms with Crippen LogP contribution in [-0.2, 0) is 0 Å². The highest BCUT2D eigenvalue weighted by Gasteiger charge is 2.06. The van der Waals surface area contributed by atoms with Crippen molar-refractivity contribution in [1.82, 2.24) is 20.2 Å². The Hall–Kier alpha value is -1.80. The molecule has 5 nitrogen and oxygen atoms in total. The molecular formula is C8H5ClN4O. The van der Waals surface area contributed by atoms with Crippen molar-refractivity contribution < 1.29 is 0 Å². The van der Waals surface area contributed by atoms with Gasteiger partial charge in [0.25, 0.3) is 5.56 Å². The molecule has 0 aliphatic carbocycles. The SMILES string of the molecule is O=c1[nH]cnc2n[nH]c(C#CCCl)c12. The van der Waals surface area contributed by atoms with E-state index in [0.717, 1.165) is 0 Å². The molecule has 0 fully saturated rings. The first-order valence-corrected chi connectivity index (χ1v) is 4.33. The summed E-state index contributed by atoms with van der Waals surface area (Å²) < 4.78 is 0. The topological polar surface area (TPSA) is 74.4 Å². The van der Waals surface area contributed by atoms with E-state index in [1.54, 1.807) is 0 Å². The van der Waals surface area contributed by atoms with E-state index in [0.29, 0.717) is 16.7 Å². The minimum absolute atomic E-state index is 0.207. The van der Waals surface area contributed by atoms with Gasteiger partial charge in [-0.25, -0.2) is 4.98 Å². The summed E-state index contributed by atoms with van der Waals surface area (Å²) in [7, 11) is 0. The van der Waals surface area contributed by atoms with E-state index in [4.69, 9.17) is 11.6 Å². The molecule has 0 spiro atoms. The van der Waals surface area contributed by atoms with Gasteiger partial charge in [0.1, 0.15) is 11.1 Å². The molecule has 2 aromatic heterocycles. The van der Waals surface area contributed by atoms with E-state index < -0.39 is 0 Å². The maximum absolute atomic E-state index is 11.4. The van der Waals surface area contributed by atoms with Gasteiger partial charge >= 0.3 is 0 Å². The molecule has 70 valence electrons. The fraction of sp³-hybridized carbons (Fsp3) is 0.125. The van der Waals surface area contributed by atoms with Crippen LogP contribution in [0.3, 0.4) is 0 Å². The first-order valence-electron chi connectivity index (χ1n) is 3.79. The first kappa shape index (κ1) is 8.78. The van der Waals surface area contributed by atoms with Crippen LogP contribution in [0.4, 0.5) is 0 Å². The lowest BCUT2D eigenvalue weighted by Gasteiger charge is -1.84. The van der Waals surface area contributed by atoms with Crippen molar-refractivity contribution in [3.05, 3.63) is 22.4 Å². The van der Waals surface area contributed by atoms with Gasteiger partial charge in [0.15, 0.2) is 5.65 Å². The van der Waals surface area contributed by atoms with Gasteiger partial charge in [-0.3, -0.25) is 9.89 Å². The largest absolute Gasteiger partial charge is 0.312 e. The van der Waals surface area contributed by atoms with E-state index in [1.165, 1.54) is 6.33 Å². The third kappa shape index (κ3) is 1.36. The van der Waals surface area contributed by atoms with Crippen LogP contribution < -0.4 is 5.56 Å². The number of rotatable bonds is 0. The van der Waals surface area contributed by atoms with Crippen molar-refractivity contribution >= 4 is 22.6 Å². The Kier molecular flexibility index (Phi) is 2.21. The van der Waals surface area contributed by atoms with Crippen LogP contribution in [0.15, 0.2) is 11.1 Å². The van der Waals surface area contributed by atoms with Crippen molar-refractivity contribution in [3.8, 4) is 11.8 Å². The molecule has 2 N–H and O–H groups in total. The predicted molar refractivity (Wildman–Crippen MR) is 52.1 cm³/mol.